The topological polar surface area (TPSA) is 74.8 Å². The van der Waals surface area contributed by atoms with E-state index in [2.05, 4.69) is 38.3 Å². The van der Waals surface area contributed by atoms with Gasteiger partial charge in [-0.1, -0.05) is 42.5 Å². The fraction of sp³-hybridized carbons (Fsp3) is 0.324. The number of hydrogen-bond acceptors (Lipinski definition) is 6. The molecule has 0 bridgehead atoms. The van der Waals surface area contributed by atoms with Crippen LogP contribution in [0.15, 0.2) is 78.3 Å². The van der Waals surface area contributed by atoms with Gasteiger partial charge in [-0.3, -0.25) is 14.6 Å². The van der Waals surface area contributed by atoms with E-state index in [1.807, 2.05) is 55.6 Å². The first-order chi connectivity index (χ1) is 20.1. The van der Waals surface area contributed by atoms with E-state index in [1.165, 1.54) is 16.8 Å². The molecule has 1 aromatic heterocycles. The van der Waals surface area contributed by atoms with Gasteiger partial charge in [-0.25, -0.2) is 0 Å². The number of allylic oxidation sites excluding steroid dienone is 1. The van der Waals surface area contributed by atoms with Gasteiger partial charge in [0.15, 0.2) is 11.5 Å². The van der Waals surface area contributed by atoms with Crippen LogP contribution in [0, 0.1) is 5.92 Å². The predicted molar refractivity (Wildman–Crippen MR) is 162 cm³/mol. The molecule has 7 heteroatoms. The molecule has 210 valence electrons. The Bertz CT molecular complexity index is 1480. The Hall–Kier alpha value is -4.39. The van der Waals surface area contributed by atoms with E-state index < -0.39 is 0 Å². The van der Waals surface area contributed by atoms with Crippen LogP contribution in [-0.4, -0.2) is 54.9 Å². The average Bonchev–Trinajstić information content (AvgIpc) is 3.01. The Morgan fingerprint density at radius 1 is 1.05 bits per heavy atom. The third-order valence-corrected chi connectivity index (χ3v) is 8.29. The maximum absolute atomic E-state index is 13.8. The number of anilines is 1. The molecule has 3 aromatic rings. The van der Waals surface area contributed by atoms with Crippen LogP contribution in [-0.2, 0) is 11.3 Å². The summed E-state index contributed by atoms with van der Waals surface area (Å²) in [5.74, 6) is 0.297. The van der Waals surface area contributed by atoms with E-state index in [4.69, 9.17) is 4.74 Å². The molecular weight excluding hydrogens is 512 g/mol. The van der Waals surface area contributed by atoms with Gasteiger partial charge in [0.2, 0.25) is 0 Å². The quantitative estimate of drug-likeness (QED) is 0.430. The Morgan fingerprint density at radius 2 is 1.83 bits per heavy atom. The summed E-state index contributed by atoms with van der Waals surface area (Å²) in [4.78, 5) is 35.3. The number of Topliss-reactive ketones (excluding diaryl/α,β-unsaturated/α-hetero) is 1. The molecule has 41 heavy (non-hydrogen) atoms. The number of fused-ring (bicyclic) bond motifs is 1. The summed E-state index contributed by atoms with van der Waals surface area (Å²) < 4.78 is 6.16. The molecule has 0 spiro atoms. The molecule has 0 saturated carbocycles. The highest BCUT2D eigenvalue weighted by atomic mass is 16.5. The molecule has 3 heterocycles. The van der Waals surface area contributed by atoms with Gasteiger partial charge in [0.1, 0.15) is 6.61 Å². The van der Waals surface area contributed by atoms with Crippen molar-refractivity contribution in [2.75, 3.05) is 38.2 Å². The number of amides is 1. The molecule has 6 rings (SSSR count). The van der Waals surface area contributed by atoms with Gasteiger partial charge >= 0.3 is 0 Å². The number of aromatic nitrogens is 1. The van der Waals surface area contributed by atoms with Crippen molar-refractivity contribution in [2.24, 2.45) is 5.92 Å². The monoisotopic (exact) mass is 548 g/mol. The van der Waals surface area contributed by atoms with E-state index in [0.29, 0.717) is 31.0 Å². The maximum Gasteiger partial charge on any atom is 0.255 e. The Morgan fingerprint density at radius 3 is 2.66 bits per heavy atom. The zero-order chi connectivity index (χ0) is 28.2. The van der Waals surface area contributed by atoms with Crippen LogP contribution in [0.1, 0.15) is 52.7 Å². The van der Waals surface area contributed by atoms with Gasteiger partial charge in [0, 0.05) is 38.2 Å². The highest BCUT2D eigenvalue weighted by Crippen LogP contribution is 2.39. The van der Waals surface area contributed by atoms with Gasteiger partial charge < -0.3 is 19.9 Å². The van der Waals surface area contributed by atoms with Crippen LogP contribution in [0.5, 0.6) is 5.75 Å². The van der Waals surface area contributed by atoms with Crippen molar-refractivity contribution in [3.8, 4) is 5.75 Å². The summed E-state index contributed by atoms with van der Waals surface area (Å²) >= 11 is 0. The lowest BCUT2D eigenvalue weighted by Crippen LogP contribution is -2.44. The molecule has 0 saturated heterocycles. The molecule has 1 N–H and O–H groups in total. The van der Waals surface area contributed by atoms with Crippen molar-refractivity contribution >= 4 is 29.5 Å². The zero-order valence-electron chi connectivity index (χ0n) is 23.5. The van der Waals surface area contributed by atoms with Crippen molar-refractivity contribution < 1.29 is 14.3 Å². The van der Waals surface area contributed by atoms with Crippen molar-refractivity contribution in [1.29, 1.82) is 0 Å². The summed E-state index contributed by atoms with van der Waals surface area (Å²) in [5, 5.41) is 3.12. The van der Waals surface area contributed by atoms with E-state index in [1.54, 1.807) is 12.4 Å². The number of carbonyl (C=O) groups is 2. The Balaban J connectivity index is 1.31. The maximum atomic E-state index is 13.8. The zero-order valence-corrected chi connectivity index (χ0v) is 23.5. The van der Waals surface area contributed by atoms with Gasteiger partial charge in [-0.2, -0.15) is 0 Å². The Kier molecular flexibility index (Phi) is 7.85. The minimum Gasteiger partial charge on any atom is -0.489 e. The highest BCUT2D eigenvalue weighted by molar-refractivity contribution is 6.00. The van der Waals surface area contributed by atoms with Crippen LogP contribution in [0.3, 0.4) is 0 Å². The fourth-order valence-corrected chi connectivity index (χ4v) is 6.18. The molecule has 2 aromatic carbocycles. The van der Waals surface area contributed by atoms with Gasteiger partial charge in [0.05, 0.1) is 30.3 Å². The molecule has 1 atom stereocenters. The molecule has 1 amide bonds. The summed E-state index contributed by atoms with van der Waals surface area (Å²) in [7, 11) is 2.00. The van der Waals surface area contributed by atoms with Crippen LogP contribution < -0.4 is 15.0 Å². The van der Waals surface area contributed by atoms with Gasteiger partial charge in [0.25, 0.3) is 5.91 Å². The molecule has 2 aliphatic heterocycles. The third kappa shape index (κ3) is 5.89. The molecule has 7 nitrogen and oxygen atoms in total. The second-order valence-electron chi connectivity index (χ2n) is 11.1. The summed E-state index contributed by atoms with van der Waals surface area (Å²) in [6.45, 7) is 2.65. The molecule has 3 aliphatic rings. The third-order valence-electron chi connectivity index (χ3n) is 8.29. The predicted octanol–water partition coefficient (Wildman–Crippen LogP) is 5.34. The lowest BCUT2D eigenvalue weighted by atomic mass is 9.81. The van der Waals surface area contributed by atoms with E-state index in [-0.39, 0.29) is 17.6 Å². The number of ether oxygens (including phenoxy) is 1. The number of pyridine rings is 1. The highest BCUT2D eigenvalue weighted by Gasteiger charge is 2.34. The molecule has 0 radical (unpaired) electrons. The van der Waals surface area contributed by atoms with Crippen molar-refractivity contribution in [3.05, 3.63) is 101 Å². The number of nitrogens with zero attached hydrogens (tertiary/aromatic N) is 3. The first kappa shape index (κ1) is 26.8. The normalized spacial score (nSPS) is 18.7. The number of rotatable bonds is 7. The average molecular weight is 549 g/mol. The van der Waals surface area contributed by atoms with Crippen LogP contribution >= 0.6 is 0 Å². The molecule has 1 aliphatic carbocycles. The SMILES string of the molecule is CN1CC(=O)C(CNC(=O)c2cc(C=Cc3ccncc3)cc3c2OCCN3Cc2ccccc2)C2=C1CCCC2. The van der Waals surface area contributed by atoms with Crippen LogP contribution in [0.25, 0.3) is 12.2 Å². The van der Waals surface area contributed by atoms with E-state index in [0.717, 1.165) is 55.6 Å². The first-order valence-electron chi connectivity index (χ1n) is 14.5. The van der Waals surface area contributed by atoms with E-state index >= 15 is 0 Å². The number of nitrogens with one attached hydrogen (secondary N) is 1. The second-order valence-corrected chi connectivity index (χ2v) is 11.1. The fourth-order valence-electron chi connectivity index (χ4n) is 6.18. The summed E-state index contributed by atoms with van der Waals surface area (Å²) in [5.41, 5.74) is 7.01. The number of ketones is 1. The minimum atomic E-state index is -0.258. The number of carbonyl (C=O) groups excluding carboxylic acids is 2. The first-order valence-corrected chi connectivity index (χ1v) is 14.5. The smallest absolute Gasteiger partial charge is 0.255 e. The minimum absolute atomic E-state index is 0.176. The summed E-state index contributed by atoms with van der Waals surface area (Å²) in [6, 6.07) is 18.2. The molecular formula is C34H36N4O3. The van der Waals surface area contributed by atoms with Crippen LogP contribution in [0.2, 0.25) is 0 Å². The van der Waals surface area contributed by atoms with Crippen molar-refractivity contribution in [1.82, 2.24) is 15.2 Å². The Labute approximate surface area is 241 Å². The lowest BCUT2D eigenvalue weighted by Gasteiger charge is -2.37. The molecule has 1 unspecified atom stereocenters. The van der Waals surface area contributed by atoms with Crippen molar-refractivity contribution in [3.63, 3.8) is 0 Å². The number of hydrogen-bond donors (Lipinski definition) is 1. The second kappa shape index (κ2) is 12.0. The van der Waals surface area contributed by atoms with Crippen molar-refractivity contribution in [2.45, 2.75) is 32.2 Å². The standard InChI is InChI=1S/C34H36N4O3/c1-37-23-32(39)29(27-9-5-6-10-30(27)37)21-36-34(40)28-19-26(12-11-24-13-15-35-16-14-24)20-31-33(28)41-18-17-38(31)22-25-7-3-2-4-8-25/h2-4,7-8,11-16,19-20,29H,5-6,9-10,17-18,21-23H2,1H3,(H,36,40). The van der Waals surface area contributed by atoms with Gasteiger partial charge in [-0.05, 0) is 72.2 Å². The number of likely N-dealkylation sites (N-methyl/N-ethyl adjacent to an activating group) is 1. The van der Waals surface area contributed by atoms with Crippen LogP contribution in [0.4, 0.5) is 5.69 Å². The lowest BCUT2D eigenvalue weighted by molar-refractivity contribution is -0.123. The van der Waals surface area contributed by atoms with Gasteiger partial charge in [-0.15, -0.1) is 0 Å². The largest absolute Gasteiger partial charge is 0.489 e. The number of benzene rings is 2. The summed E-state index contributed by atoms with van der Waals surface area (Å²) in [6.07, 6.45) is 11.7. The molecule has 0 fully saturated rings. The van der Waals surface area contributed by atoms with E-state index in [9.17, 15) is 9.59 Å².